The van der Waals surface area contributed by atoms with Crippen LogP contribution >= 0.6 is 11.3 Å². The Balaban J connectivity index is 1.85. The number of ether oxygens (including phenoxy) is 1. The Morgan fingerprint density at radius 2 is 2.08 bits per heavy atom. The SMILES string of the molecule is COc1ccc(-c2nc(NC(=O)c3cccnc3)sc2C)cc1C. The zero-order valence-electron chi connectivity index (χ0n) is 13.7. The van der Waals surface area contributed by atoms with E-state index in [0.29, 0.717) is 10.7 Å². The maximum atomic E-state index is 12.2. The summed E-state index contributed by atoms with van der Waals surface area (Å²) in [7, 11) is 1.65. The number of anilines is 1. The van der Waals surface area contributed by atoms with Crippen molar-refractivity contribution in [3.8, 4) is 17.0 Å². The molecule has 3 aromatic rings. The molecule has 122 valence electrons. The van der Waals surface area contributed by atoms with Gasteiger partial charge in [-0.2, -0.15) is 0 Å². The molecule has 2 aromatic heterocycles. The Morgan fingerprint density at radius 3 is 2.75 bits per heavy atom. The van der Waals surface area contributed by atoms with E-state index in [0.717, 1.165) is 27.4 Å². The number of pyridine rings is 1. The lowest BCUT2D eigenvalue weighted by Gasteiger charge is -2.06. The lowest BCUT2D eigenvalue weighted by Crippen LogP contribution is -2.11. The molecule has 0 saturated carbocycles. The van der Waals surface area contributed by atoms with E-state index in [4.69, 9.17) is 4.74 Å². The summed E-state index contributed by atoms with van der Waals surface area (Å²) in [5, 5.41) is 3.40. The van der Waals surface area contributed by atoms with Gasteiger partial charge in [0.05, 0.1) is 18.4 Å². The van der Waals surface area contributed by atoms with Gasteiger partial charge in [0.15, 0.2) is 5.13 Å². The number of aromatic nitrogens is 2. The molecule has 1 N–H and O–H groups in total. The third kappa shape index (κ3) is 3.28. The maximum Gasteiger partial charge on any atom is 0.259 e. The maximum absolute atomic E-state index is 12.2. The topological polar surface area (TPSA) is 64.1 Å². The molecule has 6 heteroatoms. The fraction of sp³-hybridized carbons (Fsp3) is 0.167. The summed E-state index contributed by atoms with van der Waals surface area (Å²) in [6.07, 6.45) is 3.16. The Labute approximate surface area is 144 Å². The van der Waals surface area contributed by atoms with Crippen LogP contribution in [0, 0.1) is 13.8 Å². The predicted octanol–water partition coefficient (Wildman–Crippen LogP) is 4.08. The molecule has 3 rings (SSSR count). The molecular weight excluding hydrogens is 322 g/mol. The number of carbonyl (C=O) groups is 1. The van der Waals surface area contributed by atoms with E-state index in [1.165, 1.54) is 17.5 Å². The number of thiazole rings is 1. The molecule has 0 aliphatic carbocycles. The van der Waals surface area contributed by atoms with Gasteiger partial charge in [-0.25, -0.2) is 4.98 Å². The van der Waals surface area contributed by atoms with Gasteiger partial charge < -0.3 is 4.74 Å². The molecule has 0 aliphatic heterocycles. The summed E-state index contributed by atoms with van der Waals surface area (Å²) in [5.41, 5.74) is 3.42. The van der Waals surface area contributed by atoms with Crippen molar-refractivity contribution in [2.45, 2.75) is 13.8 Å². The molecule has 1 amide bonds. The van der Waals surface area contributed by atoms with Crippen LogP contribution in [0.4, 0.5) is 5.13 Å². The Morgan fingerprint density at radius 1 is 1.25 bits per heavy atom. The van der Waals surface area contributed by atoms with Gasteiger partial charge in [0.1, 0.15) is 5.75 Å². The normalized spacial score (nSPS) is 10.5. The number of rotatable bonds is 4. The highest BCUT2D eigenvalue weighted by Gasteiger charge is 2.14. The first-order valence-corrected chi connectivity index (χ1v) is 8.24. The van der Waals surface area contributed by atoms with Crippen LogP contribution < -0.4 is 10.1 Å². The monoisotopic (exact) mass is 339 g/mol. The van der Waals surface area contributed by atoms with Crippen molar-refractivity contribution < 1.29 is 9.53 Å². The predicted molar refractivity (Wildman–Crippen MR) is 95.8 cm³/mol. The summed E-state index contributed by atoms with van der Waals surface area (Å²) in [5.74, 6) is 0.631. The van der Waals surface area contributed by atoms with Crippen LogP contribution in [0.5, 0.6) is 5.75 Å². The van der Waals surface area contributed by atoms with E-state index in [2.05, 4.69) is 15.3 Å². The average molecular weight is 339 g/mol. The van der Waals surface area contributed by atoms with Gasteiger partial charge in [-0.1, -0.05) is 0 Å². The van der Waals surface area contributed by atoms with Crippen LogP contribution in [-0.4, -0.2) is 23.0 Å². The summed E-state index contributed by atoms with van der Waals surface area (Å²) < 4.78 is 5.29. The smallest absolute Gasteiger partial charge is 0.259 e. The van der Waals surface area contributed by atoms with Crippen molar-refractivity contribution in [1.82, 2.24) is 9.97 Å². The zero-order chi connectivity index (χ0) is 17.1. The van der Waals surface area contributed by atoms with Crippen molar-refractivity contribution in [3.63, 3.8) is 0 Å². The Bertz CT molecular complexity index is 875. The van der Waals surface area contributed by atoms with Crippen LogP contribution in [0.2, 0.25) is 0 Å². The molecule has 0 fully saturated rings. The second kappa shape index (κ2) is 6.80. The van der Waals surface area contributed by atoms with E-state index in [9.17, 15) is 4.79 Å². The fourth-order valence-electron chi connectivity index (χ4n) is 2.41. The Hall–Kier alpha value is -2.73. The van der Waals surface area contributed by atoms with Gasteiger partial charge in [-0.15, -0.1) is 11.3 Å². The molecular formula is C18H17N3O2S. The molecule has 2 heterocycles. The molecule has 0 radical (unpaired) electrons. The largest absolute Gasteiger partial charge is 0.496 e. The van der Waals surface area contributed by atoms with Crippen LogP contribution in [0.15, 0.2) is 42.7 Å². The van der Waals surface area contributed by atoms with Crippen LogP contribution in [-0.2, 0) is 0 Å². The third-order valence-electron chi connectivity index (χ3n) is 3.61. The number of aryl methyl sites for hydroxylation is 2. The van der Waals surface area contributed by atoms with E-state index in [1.807, 2.05) is 32.0 Å². The number of nitrogens with zero attached hydrogens (tertiary/aromatic N) is 2. The zero-order valence-corrected chi connectivity index (χ0v) is 14.5. The van der Waals surface area contributed by atoms with Crippen LogP contribution in [0.3, 0.4) is 0 Å². The van der Waals surface area contributed by atoms with E-state index < -0.39 is 0 Å². The molecule has 5 nitrogen and oxygen atoms in total. The highest BCUT2D eigenvalue weighted by molar-refractivity contribution is 7.16. The minimum Gasteiger partial charge on any atom is -0.496 e. The average Bonchev–Trinajstić information content (AvgIpc) is 2.96. The van der Waals surface area contributed by atoms with Gasteiger partial charge in [-0.05, 0) is 49.7 Å². The molecule has 0 unspecified atom stereocenters. The minimum atomic E-state index is -0.214. The number of nitrogens with one attached hydrogen (secondary N) is 1. The number of amides is 1. The van der Waals surface area contributed by atoms with Crippen molar-refractivity contribution in [2.75, 3.05) is 12.4 Å². The van der Waals surface area contributed by atoms with Crippen molar-refractivity contribution >= 4 is 22.4 Å². The number of carbonyl (C=O) groups excluding carboxylic acids is 1. The van der Waals surface area contributed by atoms with Crippen molar-refractivity contribution in [1.29, 1.82) is 0 Å². The fourth-order valence-corrected chi connectivity index (χ4v) is 3.24. The summed E-state index contributed by atoms with van der Waals surface area (Å²) >= 11 is 1.45. The summed E-state index contributed by atoms with van der Waals surface area (Å²) in [6.45, 7) is 3.99. The van der Waals surface area contributed by atoms with Gasteiger partial charge in [-0.3, -0.25) is 15.1 Å². The molecule has 0 spiro atoms. The van der Waals surface area contributed by atoms with Gasteiger partial charge in [0.25, 0.3) is 5.91 Å². The van der Waals surface area contributed by atoms with Crippen molar-refractivity contribution in [2.24, 2.45) is 0 Å². The van der Waals surface area contributed by atoms with Gasteiger partial charge >= 0.3 is 0 Å². The molecule has 0 atom stereocenters. The van der Waals surface area contributed by atoms with E-state index >= 15 is 0 Å². The summed E-state index contributed by atoms with van der Waals surface area (Å²) in [6, 6.07) is 9.38. The highest BCUT2D eigenvalue weighted by atomic mass is 32.1. The van der Waals surface area contributed by atoms with E-state index in [1.54, 1.807) is 25.4 Å². The third-order valence-corrected chi connectivity index (χ3v) is 4.50. The number of benzene rings is 1. The first-order valence-electron chi connectivity index (χ1n) is 7.42. The second-order valence-corrected chi connectivity index (χ2v) is 6.51. The van der Waals surface area contributed by atoms with Gasteiger partial charge in [0, 0.05) is 22.8 Å². The molecule has 1 aromatic carbocycles. The molecule has 0 aliphatic rings. The highest BCUT2D eigenvalue weighted by Crippen LogP contribution is 2.32. The number of hydrogen-bond acceptors (Lipinski definition) is 5. The lowest BCUT2D eigenvalue weighted by molar-refractivity contribution is 0.102. The molecule has 0 saturated heterocycles. The molecule has 24 heavy (non-hydrogen) atoms. The first kappa shape index (κ1) is 16.1. The summed E-state index contributed by atoms with van der Waals surface area (Å²) in [4.78, 5) is 21.8. The Kier molecular flexibility index (Phi) is 4.57. The van der Waals surface area contributed by atoms with Crippen LogP contribution in [0.25, 0.3) is 11.3 Å². The van der Waals surface area contributed by atoms with E-state index in [-0.39, 0.29) is 5.91 Å². The van der Waals surface area contributed by atoms with Crippen molar-refractivity contribution in [3.05, 3.63) is 58.7 Å². The number of hydrogen-bond donors (Lipinski definition) is 1. The minimum absolute atomic E-state index is 0.214. The lowest BCUT2D eigenvalue weighted by atomic mass is 10.1. The second-order valence-electron chi connectivity index (χ2n) is 5.30. The van der Waals surface area contributed by atoms with Crippen LogP contribution in [0.1, 0.15) is 20.8 Å². The van der Waals surface area contributed by atoms with Gasteiger partial charge in [0.2, 0.25) is 0 Å². The first-order chi connectivity index (χ1) is 11.6. The number of methoxy groups -OCH3 is 1. The standard InChI is InChI=1S/C18H17N3O2S/c1-11-9-13(6-7-15(11)23-3)16-12(2)24-18(20-16)21-17(22)14-5-4-8-19-10-14/h4-10H,1-3H3,(H,20,21,22). The quantitative estimate of drug-likeness (QED) is 0.778. The molecule has 0 bridgehead atoms.